The number of nitrogens with zero attached hydrogens (tertiary/aromatic N) is 3. The van der Waals surface area contributed by atoms with Crippen LogP contribution in [-0.2, 0) is 6.54 Å². The molecule has 0 amide bonds. The van der Waals surface area contributed by atoms with E-state index in [0.717, 1.165) is 37.5 Å². The number of nitrogens with two attached hydrogens (primary N) is 1. The zero-order valence-corrected chi connectivity index (χ0v) is 9.86. The number of rotatable bonds is 3. The van der Waals surface area contributed by atoms with Crippen LogP contribution in [-0.4, -0.2) is 34.0 Å². The number of aromatic nitrogens is 1. The summed E-state index contributed by atoms with van der Waals surface area (Å²) in [4.78, 5) is 6.63. The Kier molecular flexibility index (Phi) is 3.74. The predicted octanol–water partition coefficient (Wildman–Crippen LogP) is 1.10. The molecule has 1 aliphatic heterocycles. The molecule has 6 heteroatoms. The molecule has 0 radical (unpaired) electrons. The van der Waals surface area contributed by atoms with E-state index in [1.165, 1.54) is 0 Å². The number of thiazole rings is 1. The van der Waals surface area contributed by atoms with Crippen LogP contribution in [0.5, 0.6) is 0 Å². The smallest absolute Gasteiger partial charge is 0.142 e. The van der Waals surface area contributed by atoms with Crippen molar-refractivity contribution in [1.29, 1.82) is 0 Å². The maximum absolute atomic E-state index is 8.60. The molecule has 0 aromatic carbocycles. The number of hydrogen-bond donors (Lipinski definition) is 2. The third-order valence-corrected chi connectivity index (χ3v) is 3.73. The van der Waals surface area contributed by atoms with E-state index in [9.17, 15) is 0 Å². The van der Waals surface area contributed by atoms with Gasteiger partial charge in [0, 0.05) is 17.5 Å². The lowest BCUT2D eigenvalue weighted by molar-refractivity contribution is 0.198. The molecule has 3 N–H and O–H groups in total. The SMILES string of the molecule is NC(=NO)C1CCN(Cc2nccs2)CC1. The second kappa shape index (κ2) is 5.27. The molecule has 0 atom stereocenters. The van der Waals surface area contributed by atoms with Crippen molar-refractivity contribution in [2.75, 3.05) is 13.1 Å². The minimum Gasteiger partial charge on any atom is -0.409 e. The Labute approximate surface area is 98.6 Å². The summed E-state index contributed by atoms with van der Waals surface area (Å²) in [5.74, 6) is 0.603. The summed E-state index contributed by atoms with van der Waals surface area (Å²) in [7, 11) is 0. The van der Waals surface area contributed by atoms with Crippen LogP contribution in [0.4, 0.5) is 0 Å². The maximum atomic E-state index is 8.60. The minimum atomic E-state index is 0.234. The highest BCUT2D eigenvalue weighted by Crippen LogP contribution is 2.19. The highest BCUT2D eigenvalue weighted by Gasteiger charge is 2.22. The van der Waals surface area contributed by atoms with Gasteiger partial charge in [0.2, 0.25) is 0 Å². The lowest BCUT2D eigenvalue weighted by atomic mass is 9.96. The van der Waals surface area contributed by atoms with E-state index in [1.807, 2.05) is 11.6 Å². The van der Waals surface area contributed by atoms with Gasteiger partial charge in [-0.15, -0.1) is 11.3 Å². The number of amidine groups is 1. The lowest BCUT2D eigenvalue weighted by Gasteiger charge is -2.30. The Morgan fingerprint density at radius 3 is 2.94 bits per heavy atom. The molecule has 1 aliphatic rings. The van der Waals surface area contributed by atoms with Crippen molar-refractivity contribution in [3.05, 3.63) is 16.6 Å². The van der Waals surface area contributed by atoms with Gasteiger partial charge in [0.15, 0.2) is 0 Å². The van der Waals surface area contributed by atoms with Crippen molar-refractivity contribution in [2.45, 2.75) is 19.4 Å². The van der Waals surface area contributed by atoms with Crippen molar-refractivity contribution in [3.8, 4) is 0 Å². The Morgan fingerprint density at radius 2 is 2.38 bits per heavy atom. The number of oxime groups is 1. The molecular weight excluding hydrogens is 224 g/mol. The zero-order chi connectivity index (χ0) is 11.4. The second-order valence-electron chi connectivity index (χ2n) is 4.00. The molecule has 0 saturated carbocycles. The largest absolute Gasteiger partial charge is 0.409 e. The van der Waals surface area contributed by atoms with Gasteiger partial charge in [-0.1, -0.05) is 5.16 Å². The summed E-state index contributed by atoms with van der Waals surface area (Å²) in [6.45, 7) is 2.89. The highest BCUT2D eigenvalue weighted by molar-refractivity contribution is 7.09. The number of piperidine rings is 1. The summed E-state index contributed by atoms with van der Waals surface area (Å²) >= 11 is 1.69. The van der Waals surface area contributed by atoms with Crippen LogP contribution in [0, 0.1) is 5.92 Å². The van der Waals surface area contributed by atoms with Crippen LogP contribution < -0.4 is 5.73 Å². The van der Waals surface area contributed by atoms with E-state index in [4.69, 9.17) is 10.9 Å². The van der Waals surface area contributed by atoms with Crippen LogP contribution in [0.25, 0.3) is 0 Å². The van der Waals surface area contributed by atoms with Gasteiger partial charge in [-0.2, -0.15) is 0 Å². The molecule has 1 aromatic rings. The molecule has 0 aliphatic carbocycles. The van der Waals surface area contributed by atoms with E-state index in [2.05, 4.69) is 15.0 Å². The van der Waals surface area contributed by atoms with E-state index < -0.39 is 0 Å². The summed E-state index contributed by atoms with van der Waals surface area (Å²) in [6, 6.07) is 0. The van der Waals surface area contributed by atoms with Crippen molar-refractivity contribution in [2.24, 2.45) is 16.8 Å². The maximum Gasteiger partial charge on any atom is 0.142 e. The molecular formula is C10H16N4OS. The molecule has 1 aromatic heterocycles. The number of likely N-dealkylation sites (tertiary alicyclic amines) is 1. The van der Waals surface area contributed by atoms with Crippen LogP contribution in [0.3, 0.4) is 0 Å². The molecule has 0 spiro atoms. The fraction of sp³-hybridized carbons (Fsp3) is 0.600. The molecule has 5 nitrogen and oxygen atoms in total. The molecule has 0 bridgehead atoms. The van der Waals surface area contributed by atoms with Crippen molar-refractivity contribution in [3.63, 3.8) is 0 Å². The van der Waals surface area contributed by atoms with Gasteiger partial charge >= 0.3 is 0 Å². The Balaban J connectivity index is 1.81. The lowest BCUT2D eigenvalue weighted by Crippen LogP contribution is -2.38. The minimum absolute atomic E-state index is 0.234. The van der Waals surface area contributed by atoms with E-state index in [1.54, 1.807) is 11.3 Å². The monoisotopic (exact) mass is 240 g/mol. The Hall–Kier alpha value is -1.14. The van der Waals surface area contributed by atoms with Crippen molar-refractivity contribution in [1.82, 2.24) is 9.88 Å². The Morgan fingerprint density at radius 1 is 1.62 bits per heavy atom. The van der Waals surface area contributed by atoms with Gasteiger partial charge in [0.25, 0.3) is 0 Å². The van der Waals surface area contributed by atoms with Crippen LogP contribution in [0.15, 0.2) is 16.7 Å². The average molecular weight is 240 g/mol. The quantitative estimate of drug-likeness (QED) is 0.359. The summed E-state index contributed by atoms with van der Waals surface area (Å²) in [6.07, 6.45) is 3.76. The standard InChI is InChI=1S/C10H16N4OS/c11-10(13-15)8-1-4-14(5-2-8)7-9-12-3-6-16-9/h3,6,8,15H,1-2,4-5,7H2,(H2,11,13). The fourth-order valence-electron chi connectivity index (χ4n) is 1.99. The van der Waals surface area contributed by atoms with Gasteiger partial charge in [-0.05, 0) is 25.9 Å². The second-order valence-corrected chi connectivity index (χ2v) is 4.98. The summed E-state index contributed by atoms with van der Waals surface area (Å²) in [5.41, 5.74) is 5.60. The van der Waals surface area contributed by atoms with Gasteiger partial charge in [-0.3, -0.25) is 4.90 Å². The molecule has 2 rings (SSSR count). The van der Waals surface area contributed by atoms with Crippen molar-refractivity contribution < 1.29 is 5.21 Å². The molecule has 0 unspecified atom stereocenters. The van der Waals surface area contributed by atoms with E-state index >= 15 is 0 Å². The first-order valence-corrected chi connectivity index (χ1v) is 6.25. The molecule has 1 fully saturated rings. The molecule has 88 valence electrons. The third kappa shape index (κ3) is 2.70. The normalized spacial score (nSPS) is 20.1. The number of hydrogen-bond acceptors (Lipinski definition) is 5. The molecule has 2 heterocycles. The average Bonchev–Trinajstić information content (AvgIpc) is 2.82. The van der Waals surface area contributed by atoms with Crippen LogP contribution in [0.2, 0.25) is 0 Å². The zero-order valence-electron chi connectivity index (χ0n) is 9.04. The Bertz CT molecular complexity index is 344. The molecule has 16 heavy (non-hydrogen) atoms. The predicted molar refractivity (Wildman–Crippen MR) is 63.5 cm³/mol. The summed E-state index contributed by atoms with van der Waals surface area (Å²) in [5, 5.41) is 14.8. The van der Waals surface area contributed by atoms with E-state index in [0.29, 0.717) is 5.84 Å². The van der Waals surface area contributed by atoms with Gasteiger partial charge in [-0.25, -0.2) is 4.98 Å². The first-order chi connectivity index (χ1) is 7.79. The fourth-order valence-corrected chi connectivity index (χ4v) is 2.65. The first-order valence-electron chi connectivity index (χ1n) is 5.37. The van der Waals surface area contributed by atoms with Crippen molar-refractivity contribution >= 4 is 17.2 Å². The third-order valence-electron chi connectivity index (χ3n) is 2.96. The van der Waals surface area contributed by atoms with Crippen LogP contribution in [0.1, 0.15) is 17.8 Å². The van der Waals surface area contributed by atoms with Gasteiger partial charge in [0.1, 0.15) is 10.8 Å². The van der Waals surface area contributed by atoms with Gasteiger partial charge in [0.05, 0.1) is 6.54 Å². The van der Waals surface area contributed by atoms with Gasteiger partial charge < -0.3 is 10.9 Å². The summed E-state index contributed by atoms with van der Waals surface area (Å²) < 4.78 is 0. The van der Waals surface area contributed by atoms with Crippen LogP contribution >= 0.6 is 11.3 Å². The topological polar surface area (TPSA) is 74.7 Å². The van der Waals surface area contributed by atoms with E-state index in [-0.39, 0.29) is 5.92 Å². The molecule has 1 saturated heterocycles. The highest BCUT2D eigenvalue weighted by atomic mass is 32.1. The first kappa shape index (κ1) is 11.3.